The van der Waals surface area contributed by atoms with Crippen LogP contribution >= 0.6 is 0 Å². The molecule has 3 rings (SSSR count). The fraction of sp³-hybridized carbons (Fsp3) is 0.400. The maximum atomic E-state index is 12.7. The van der Waals surface area contributed by atoms with Crippen molar-refractivity contribution in [1.82, 2.24) is 9.97 Å². The van der Waals surface area contributed by atoms with Crippen LogP contribution in [0.4, 0.5) is 0 Å². The molecule has 0 amide bonds. The Balaban J connectivity index is 1.59. The van der Waals surface area contributed by atoms with Gasteiger partial charge in [0.25, 0.3) is 0 Å². The zero-order valence-electron chi connectivity index (χ0n) is 20.9. The third-order valence-corrected chi connectivity index (χ3v) is 6.09. The molecule has 0 saturated heterocycles. The fourth-order valence-electron chi connectivity index (χ4n) is 3.97. The summed E-state index contributed by atoms with van der Waals surface area (Å²) < 4.78 is 5.55. The Morgan fingerprint density at radius 1 is 0.829 bits per heavy atom. The molecule has 1 heterocycles. The van der Waals surface area contributed by atoms with Crippen LogP contribution in [0.2, 0.25) is 0 Å². The van der Waals surface area contributed by atoms with Gasteiger partial charge in [-0.25, -0.2) is 14.8 Å². The van der Waals surface area contributed by atoms with Gasteiger partial charge in [0, 0.05) is 18.0 Å². The average Bonchev–Trinajstić information content (AvgIpc) is 2.90. The average molecular weight is 470 g/mol. The van der Waals surface area contributed by atoms with Crippen LogP contribution in [-0.4, -0.2) is 15.9 Å². The first-order valence-corrected chi connectivity index (χ1v) is 12.8. The first-order chi connectivity index (χ1) is 17.1. The number of hydrogen-bond donors (Lipinski definition) is 0. The summed E-state index contributed by atoms with van der Waals surface area (Å²) in [7, 11) is 0. The van der Waals surface area contributed by atoms with Crippen molar-refractivity contribution in [2.45, 2.75) is 78.1 Å². The Bertz CT molecular complexity index is 1120. The highest BCUT2D eigenvalue weighted by Gasteiger charge is 2.13. The number of ether oxygens (including phenoxy) is 1. The SMILES string of the molecule is CCCCCCCc1ccc(OC(=O)c2ccc(-c3ncc(CCCCC)cn3)cc2)c(C#N)c1. The molecule has 5 nitrogen and oxygen atoms in total. The summed E-state index contributed by atoms with van der Waals surface area (Å²) >= 11 is 0. The molecule has 3 aromatic rings. The van der Waals surface area contributed by atoms with E-state index < -0.39 is 5.97 Å². The van der Waals surface area contributed by atoms with Gasteiger partial charge in [0.15, 0.2) is 5.82 Å². The highest BCUT2D eigenvalue weighted by Crippen LogP contribution is 2.23. The van der Waals surface area contributed by atoms with Gasteiger partial charge < -0.3 is 4.74 Å². The third kappa shape index (κ3) is 8.03. The summed E-state index contributed by atoms with van der Waals surface area (Å²) in [5.74, 6) is 0.423. The smallest absolute Gasteiger partial charge is 0.343 e. The lowest BCUT2D eigenvalue weighted by Gasteiger charge is -2.09. The summed E-state index contributed by atoms with van der Waals surface area (Å²) in [6.07, 6.45) is 15.2. The second kappa shape index (κ2) is 14.0. The van der Waals surface area contributed by atoms with Crippen molar-refractivity contribution in [2.75, 3.05) is 0 Å². The maximum absolute atomic E-state index is 12.7. The van der Waals surface area contributed by atoms with Crippen LogP contribution in [0.1, 0.15) is 92.3 Å². The van der Waals surface area contributed by atoms with E-state index in [0.717, 1.165) is 42.4 Å². The summed E-state index contributed by atoms with van der Waals surface area (Å²) in [6.45, 7) is 4.39. The molecule has 0 radical (unpaired) electrons. The Labute approximate surface area is 209 Å². The van der Waals surface area contributed by atoms with Gasteiger partial charge in [-0.3, -0.25) is 0 Å². The number of aryl methyl sites for hydroxylation is 2. The number of carbonyl (C=O) groups is 1. The van der Waals surface area contributed by atoms with Crippen LogP contribution < -0.4 is 4.74 Å². The minimum atomic E-state index is -0.493. The minimum absolute atomic E-state index is 0.290. The molecule has 5 heteroatoms. The number of aromatic nitrogens is 2. The number of esters is 1. The van der Waals surface area contributed by atoms with E-state index in [1.165, 1.54) is 38.5 Å². The van der Waals surface area contributed by atoms with Crippen LogP contribution in [0.5, 0.6) is 5.75 Å². The lowest BCUT2D eigenvalue weighted by Crippen LogP contribution is -2.09. The topological polar surface area (TPSA) is 75.9 Å². The van der Waals surface area contributed by atoms with Gasteiger partial charge in [0.1, 0.15) is 11.8 Å². The van der Waals surface area contributed by atoms with Gasteiger partial charge in [0.05, 0.1) is 11.1 Å². The number of benzene rings is 2. The number of nitriles is 1. The van der Waals surface area contributed by atoms with Gasteiger partial charge in [0.2, 0.25) is 0 Å². The molecule has 0 fully saturated rings. The predicted octanol–water partition coefficient (Wildman–Crippen LogP) is 7.48. The van der Waals surface area contributed by atoms with Gasteiger partial charge in [-0.2, -0.15) is 5.26 Å². The van der Waals surface area contributed by atoms with E-state index in [1.54, 1.807) is 18.2 Å². The molecular weight excluding hydrogens is 434 g/mol. The van der Waals surface area contributed by atoms with E-state index in [4.69, 9.17) is 4.74 Å². The molecule has 1 aromatic heterocycles. The Morgan fingerprint density at radius 3 is 2.14 bits per heavy atom. The third-order valence-electron chi connectivity index (χ3n) is 6.09. The van der Waals surface area contributed by atoms with Crippen molar-refractivity contribution >= 4 is 5.97 Å². The molecule has 2 aromatic carbocycles. The molecule has 182 valence electrons. The number of carbonyl (C=O) groups excluding carboxylic acids is 1. The second-order valence-corrected chi connectivity index (χ2v) is 8.95. The molecule has 0 aliphatic heterocycles. The van der Waals surface area contributed by atoms with Crippen molar-refractivity contribution in [3.05, 3.63) is 77.1 Å². The van der Waals surface area contributed by atoms with Crippen LogP contribution in [0.15, 0.2) is 54.9 Å². The Kier molecular flexibility index (Phi) is 10.4. The van der Waals surface area contributed by atoms with Gasteiger partial charge >= 0.3 is 5.97 Å². The first kappa shape index (κ1) is 26.1. The molecule has 0 aliphatic carbocycles. The van der Waals surface area contributed by atoms with Crippen LogP contribution in [-0.2, 0) is 12.8 Å². The van der Waals surface area contributed by atoms with E-state index in [-0.39, 0.29) is 0 Å². The van der Waals surface area contributed by atoms with Crippen molar-refractivity contribution < 1.29 is 9.53 Å². The van der Waals surface area contributed by atoms with Crippen molar-refractivity contribution in [1.29, 1.82) is 5.26 Å². The van der Waals surface area contributed by atoms with Gasteiger partial charge in [-0.15, -0.1) is 0 Å². The lowest BCUT2D eigenvalue weighted by atomic mass is 10.0. The molecule has 0 spiro atoms. The quantitative estimate of drug-likeness (QED) is 0.147. The molecule has 0 aliphatic rings. The van der Waals surface area contributed by atoms with Gasteiger partial charge in [-0.1, -0.05) is 70.6 Å². The van der Waals surface area contributed by atoms with E-state index in [1.807, 2.05) is 36.7 Å². The zero-order chi connectivity index (χ0) is 24.9. The van der Waals surface area contributed by atoms with E-state index in [0.29, 0.717) is 22.7 Å². The largest absolute Gasteiger partial charge is 0.422 e. The van der Waals surface area contributed by atoms with E-state index >= 15 is 0 Å². The normalized spacial score (nSPS) is 10.7. The monoisotopic (exact) mass is 469 g/mol. The molecule has 0 bridgehead atoms. The van der Waals surface area contributed by atoms with E-state index in [9.17, 15) is 10.1 Å². The van der Waals surface area contributed by atoms with Crippen molar-refractivity contribution in [3.63, 3.8) is 0 Å². The number of hydrogen-bond acceptors (Lipinski definition) is 5. The first-order valence-electron chi connectivity index (χ1n) is 12.8. The zero-order valence-corrected chi connectivity index (χ0v) is 20.9. The summed E-state index contributed by atoms with van der Waals surface area (Å²) in [5, 5.41) is 9.55. The highest BCUT2D eigenvalue weighted by atomic mass is 16.5. The second-order valence-electron chi connectivity index (χ2n) is 8.95. The number of rotatable bonds is 13. The highest BCUT2D eigenvalue weighted by molar-refractivity contribution is 5.91. The molecule has 0 N–H and O–H groups in total. The number of nitrogens with zero attached hydrogens (tertiary/aromatic N) is 3. The Hall–Kier alpha value is -3.52. The number of unbranched alkanes of at least 4 members (excludes halogenated alkanes) is 6. The lowest BCUT2D eigenvalue weighted by molar-refractivity contribution is 0.0734. The Morgan fingerprint density at radius 2 is 1.46 bits per heavy atom. The van der Waals surface area contributed by atoms with Gasteiger partial charge in [-0.05, 0) is 61.1 Å². The van der Waals surface area contributed by atoms with Crippen LogP contribution in [0.25, 0.3) is 11.4 Å². The molecule has 35 heavy (non-hydrogen) atoms. The molecule has 0 saturated carbocycles. The molecular formula is C30H35N3O2. The maximum Gasteiger partial charge on any atom is 0.343 e. The summed E-state index contributed by atoms with van der Waals surface area (Å²) in [6, 6.07) is 14.7. The van der Waals surface area contributed by atoms with Crippen LogP contribution in [0.3, 0.4) is 0 Å². The predicted molar refractivity (Wildman–Crippen MR) is 139 cm³/mol. The fourth-order valence-corrected chi connectivity index (χ4v) is 3.97. The van der Waals surface area contributed by atoms with Crippen molar-refractivity contribution in [2.24, 2.45) is 0 Å². The molecule has 0 unspecified atom stereocenters. The standard InChI is InChI=1S/C30H35N3O2/c1-3-5-7-8-10-11-23-13-18-28(27(19-23)20-31)35-30(34)26-16-14-25(15-17-26)29-32-21-24(22-33-29)12-9-6-4-2/h13-19,21-22H,3-12H2,1-2H3. The van der Waals surface area contributed by atoms with Crippen molar-refractivity contribution in [3.8, 4) is 23.2 Å². The summed E-state index contributed by atoms with van der Waals surface area (Å²) in [5.41, 5.74) is 3.86. The summed E-state index contributed by atoms with van der Waals surface area (Å²) in [4.78, 5) is 21.6. The van der Waals surface area contributed by atoms with Crippen LogP contribution in [0, 0.1) is 11.3 Å². The molecule has 0 atom stereocenters. The minimum Gasteiger partial charge on any atom is -0.422 e. The van der Waals surface area contributed by atoms with E-state index in [2.05, 4.69) is 29.9 Å².